The number of nitrogens with zero attached hydrogens (tertiary/aromatic N) is 1. The second-order valence-corrected chi connectivity index (χ2v) is 7.94. The lowest BCUT2D eigenvalue weighted by atomic mass is 9.72. The Kier molecular flexibility index (Phi) is 6.07. The van der Waals surface area contributed by atoms with Gasteiger partial charge in [0.05, 0.1) is 23.1 Å². The molecule has 160 valence electrons. The van der Waals surface area contributed by atoms with Crippen LogP contribution >= 0.6 is 0 Å². The minimum absolute atomic E-state index is 0.136. The zero-order chi connectivity index (χ0) is 21.2. The van der Waals surface area contributed by atoms with E-state index in [9.17, 15) is 27.9 Å². The Hall–Kier alpha value is -2.29. The van der Waals surface area contributed by atoms with Crippen molar-refractivity contribution in [3.05, 3.63) is 35.4 Å². The third-order valence-electron chi connectivity index (χ3n) is 5.88. The third kappa shape index (κ3) is 4.83. The number of likely N-dealkylation sites (tertiary alicyclic amines) is 1. The zero-order valence-electron chi connectivity index (χ0n) is 15.9. The SMILES string of the molecule is O=C(O)N[C@H]1CCN(C(=O)C(c2cccc(C(F)(F)F)c2)C2(O)CCCCC2)C1. The van der Waals surface area contributed by atoms with E-state index in [1.807, 2.05) is 0 Å². The average molecular weight is 414 g/mol. The molecular weight excluding hydrogens is 389 g/mol. The Bertz CT molecular complexity index is 762. The highest BCUT2D eigenvalue weighted by Gasteiger charge is 2.46. The normalized spacial score (nSPS) is 22.9. The van der Waals surface area contributed by atoms with Crippen molar-refractivity contribution in [2.45, 2.75) is 62.3 Å². The molecule has 1 saturated carbocycles. The molecule has 1 saturated heterocycles. The summed E-state index contributed by atoms with van der Waals surface area (Å²) < 4.78 is 39.7. The fraction of sp³-hybridized carbons (Fsp3) is 0.600. The number of carbonyl (C=O) groups excluding carboxylic acids is 1. The van der Waals surface area contributed by atoms with Gasteiger partial charge in [-0.15, -0.1) is 0 Å². The van der Waals surface area contributed by atoms with E-state index in [4.69, 9.17) is 5.11 Å². The first-order valence-electron chi connectivity index (χ1n) is 9.78. The number of aliphatic hydroxyl groups is 1. The lowest BCUT2D eigenvalue weighted by Gasteiger charge is -2.40. The van der Waals surface area contributed by atoms with Crippen LogP contribution in [0.4, 0.5) is 18.0 Å². The molecule has 2 amide bonds. The number of amides is 2. The van der Waals surface area contributed by atoms with Crippen LogP contribution in [0.2, 0.25) is 0 Å². The minimum Gasteiger partial charge on any atom is -0.465 e. The zero-order valence-corrected chi connectivity index (χ0v) is 15.9. The maximum Gasteiger partial charge on any atom is 0.416 e. The van der Waals surface area contributed by atoms with E-state index >= 15 is 0 Å². The van der Waals surface area contributed by atoms with Crippen LogP contribution in [0.15, 0.2) is 24.3 Å². The van der Waals surface area contributed by atoms with Crippen LogP contribution < -0.4 is 5.32 Å². The van der Waals surface area contributed by atoms with Gasteiger partial charge in [0.2, 0.25) is 5.91 Å². The molecule has 1 aromatic rings. The number of carbonyl (C=O) groups is 2. The molecule has 1 aromatic carbocycles. The van der Waals surface area contributed by atoms with Gasteiger partial charge in [-0.05, 0) is 30.9 Å². The number of benzene rings is 1. The summed E-state index contributed by atoms with van der Waals surface area (Å²) in [6, 6.07) is 4.16. The van der Waals surface area contributed by atoms with Crippen LogP contribution in [-0.2, 0) is 11.0 Å². The van der Waals surface area contributed by atoms with Gasteiger partial charge >= 0.3 is 12.3 Å². The molecular formula is C20H25F3N2O4. The van der Waals surface area contributed by atoms with Gasteiger partial charge in [0.25, 0.3) is 0 Å². The molecule has 0 bridgehead atoms. The van der Waals surface area contributed by atoms with E-state index in [0.717, 1.165) is 18.6 Å². The summed E-state index contributed by atoms with van der Waals surface area (Å²) in [7, 11) is 0. The number of carboxylic acid groups (broad SMARTS) is 1. The smallest absolute Gasteiger partial charge is 0.416 e. The molecule has 1 aliphatic carbocycles. The van der Waals surface area contributed by atoms with E-state index in [-0.39, 0.29) is 18.7 Å². The molecule has 1 heterocycles. The van der Waals surface area contributed by atoms with Crippen molar-refractivity contribution in [1.82, 2.24) is 10.2 Å². The van der Waals surface area contributed by atoms with Crippen LogP contribution in [0.25, 0.3) is 0 Å². The highest BCUT2D eigenvalue weighted by atomic mass is 19.4. The van der Waals surface area contributed by atoms with Crippen LogP contribution in [0, 0.1) is 0 Å². The lowest BCUT2D eigenvalue weighted by Crippen LogP contribution is -2.48. The molecule has 3 rings (SSSR count). The summed E-state index contributed by atoms with van der Waals surface area (Å²) in [5.41, 5.74) is -2.14. The first-order chi connectivity index (χ1) is 13.6. The van der Waals surface area contributed by atoms with Gasteiger partial charge in [0, 0.05) is 13.1 Å². The van der Waals surface area contributed by atoms with Crippen molar-refractivity contribution in [1.29, 1.82) is 0 Å². The fourth-order valence-electron chi connectivity index (χ4n) is 4.47. The first-order valence-corrected chi connectivity index (χ1v) is 9.78. The van der Waals surface area contributed by atoms with Gasteiger partial charge in [0.15, 0.2) is 0 Å². The average Bonchev–Trinajstić information content (AvgIpc) is 3.09. The third-order valence-corrected chi connectivity index (χ3v) is 5.88. The van der Waals surface area contributed by atoms with E-state index in [1.54, 1.807) is 0 Å². The van der Waals surface area contributed by atoms with E-state index in [1.165, 1.54) is 17.0 Å². The number of halogens is 3. The summed E-state index contributed by atoms with van der Waals surface area (Å²) in [5.74, 6) is -1.57. The van der Waals surface area contributed by atoms with Gasteiger partial charge < -0.3 is 20.4 Å². The van der Waals surface area contributed by atoms with Gasteiger partial charge in [-0.25, -0.2) is 4.79 Å². The molecule has 0 aromatic heterocycles. The van der Waals surface area contributed by atoms with E-state index in [0.29, 0.717) is 32.1 Å². The molecule has 6 nitrogen and oxygen atoms in total. The molecule has 0 radical (unpaired) electrons. The van der Waals surface area contributed by atoms with Crippen molar-refractivity contribution in [2.24, 2.45) is 0 Å². The van der Waals surface area contributed by atoms with Crippen molar-refractivity contribution >= 4 is 12.0 Å². The predicted molar refractivity (Wildman–Crippen MR) is 98.4 cm³/mol. The topological polar surface area (TPSA) is 89.9 Å². The number of alkyl halides is 3. The second kappa shape index (κ2) is 8.22. The summed E-state index contributed by atoms with van der Waals surface area (Å²) >= 11 is 0. The Labute approximate surface area is 166 Å². The molecule has 1 aliphatic heterocycles. The molecule has 2 aliphatic rings. The molecule has 2 fully saturated rings. The lowest BCUT2D eigenvalue weighted by molar-refractivity contribution is -0.142. The number of nitrogens with one attached hydrogen (secondary N) is 1. The van der Waals surface area contributed by atoms with Crippen molar-refractivity contribution in [3.63, 3.8) is 0 Å². The largest absolute Gasteiger partial charge is 0.465 e. The van der Waals surface area contributed by atoms with Crippen LogP contribution in [0.1, 0.15) is 55.6 Å². The predicted octanol–water partition coefficient (Wildman–Crippen LogP) is 3.35. The maximum atomic E-state index is 13.4. The summed E-state index contributed by atoms with van der Waals surface area (Å²) in [6.07, 6.45) is -2.35. The first kappa shape index (κ1) is 21.4. The van der Waals surface area contributed by atoms with Crippen molar-refractivity contribution < 1.29 is 33.0 Å². The Morgan fingerprint density at radius 2 is 1.90 bits per heavy atom. The molecule has 2 atom stereocenters. The second-order valence-electron chi connectivity index (χ2n) is 7.94. The molecule has 1 unspecified atom stereocenters. The summed E-state index contributed by atoms with van der Waals surface area (Å²) in [4.78, 5) is 25.7. The number of hydrogen-bond donors (Lipinski definition) is 3. The summed E-state index contributed by atoms with van der Waals surface area (Å²) in [6.45, 7) is 0.423. The quantitative estimate of drug-likeness (QED) is 0.705. The Balaban J connectivity index is 1.92. The summed E-state index contributed by atoms with van der Waals surface area (Å²) in [5, 5.41) is 22.5. The Morgan fingerprint density at radius 3 is 2.52 bits per heavy atom. The van der Waals surface area contributed by atoms with Gasteiger partial charge in [-0.1, -0.05) is 37.5 Å². The monoisotopic (exact) mass is 414 g/mol. The van der Waals surface area contributed by atoms with Crippen LogP contribution in [0.5, 0.6) is 0 Å². The molecule has 0 spiro atoms. The van der Waals surface area contributed by atoms with E-state index < -0.39 is 41.3 Å². The van der Waals surface area contributed by atoms with Crippen molar-refractivity contribution in [3.8, 4) is 0 Å². The number of hydrogen-bond acceptors (Lipinski definition) is 3. The standard InChI is InChI=1S/C20H25F3N2O4/c21-20(22,23)14-6-4-5-13(11-14)16(19(29)8-2-1-3-9-19)17(26)25-10-7-15(12-25)24-18(27)28/h4-6,11,15-16,24,29H,1-3,7-10,12H2,(H,27,28)/t15-,16?/m0/s1. The van der Waals surface area contributed by atoms with Gasteiger partial charge in [0.1, 0.15) is 0 Å². The Morgan fingerprint density at radius 1 is 1.21 bits per heavy atom. The van der Waals surface area contributed by atoms with Crippen LogP contribution in [-0.4, -0.2) is 51.8 Å². The molecule has 29 heavy (non-hydrogen) atoms. The van der Waals surface area contributed by atoms with Gasteiger partial charge in [-0.3, -0.25) is 4.79 Å². The van der Waals surface area contributed by atoms with Crippen molar-refractivity contribution in [2.75, 3.05) is 13.1 Å². The minimum atomic E-state index is -4.55. The fourth-order valence-corrected chi connectivity index (χ4v) is 4.47. The number of rotatable bonds is 4. The van der Waals surface area contributed by atoms with Gasteiger partial charge in [-0.2, -0.15) is 13.2 Å². The van der Waals surface area contributed by atoms with Crippen LogP contribution in [0.3, 0.4) is 0 Å². The molecule has 3 N–H and O–H groups in total. The highest BCUT2D eigenvalue weighted by molar-refractivity contribution is 5.85. The maximum absolute atomic E-state index is 13.4. The van der Waals surface area contributed by atoms with E-state index in [2.05, 4.69) is 5.32 Å². The highest BCUT2D eigenvalue weighted by Crippen LogP contribution is 2.42. The molecule has 9 heteroatoms.